The Morgan fingerprint density at radius 2 is 1.95 bits per heavy atom. The average Bonchev–Trinajstić information content (AvgIpc) is 2.35. The van der Waals surface area contributed by atoms with Crippen LogP contribution in [0.15, 0.2) is 0 Å². The van der Waals surface area contributed by atoms with E-state index in [1.807, 2.05) is 0 Å². The van der Waals surface area contributed by atoms with Crippen LogP contribution in [0.1, 0.15) is 44.9 Å². The van der Waals surface area contributed by atoms with Crippen molar-refractivity contribution in [3.05, 3.63) is 0 Å². The third kappa shape index (κ3) is 4.18. The van der Waals surface area contributed by atoms with Gasteiger partial charge < -0.3 is 5.32 Å². The lowest BCUT2D eigenvalue weighted by atomic mass is 9.89. The molecule has 0 radical (unpaired) electrons. The van der Waals surface area contributed by atoms with E-state index in [1.165, 1.54) is 12.8 Å². The predicted molar refractivity (Wildman–Crippen MR) is 79.1 cm³/mol. The standard InChI is InChI=1S/C13H22BrNO3S/c14-11-5-3-4-10(8-11)9-15-13(16)12-6-1-2-7-19(12,17)18/h10-12H,1-9H2,(H,15,16). The fourth-order valence-electron chi connectivity index (χ4n) is 3.02. The van der Waals surface area contributed by atoms with Gasteiger partial charge in [0, 0.05) is 11.4 Å². The van der Waals surface area contributed by atoms with Gasteiger partial charge in [-0.3, -0.25) is 4.79 Å². The number of hydrogen-bond acceptors (Lipinski definition) is 3. The van der Waals surface area contributed by atoms with Gasteiger partial charge in [-0.2, -0.15) is 0 Å². The van der Waals surface area contributed by atoms with E-state index in [0.29, 0.717) is 30.1 Å². The maximum atomic E-state index is 12.0. The van der Waals surface area contributed by atoms with E-state index in [2.05, 4.69) is 21.2 Å². The summed E-state index contributed by atoms with van der Waals surface area (Å²) in [6.45, 7) is 0.618. The highest BCUT2D eigenvalue weighted by atomic mass is 79.9. The summed E-state index contributed by atoms with van der Waals surface area (Å²) in [5.41, 5.74) is 0. The molecule has 110 valence electrons. The minimum absolute atomic E-state index is 0.165. The van der Waals surface area contributed by atoms with Crippen molar-refractivity contribution in [1.82, 2.24) is 5.32 Å². The molecule has 1 saturated heterocycles. The van der Waals surface area contributed by atoms with Crippen molar-refractivity contribution < 1.29 is 13.2 Å². The normalized spacial score (nSPS) is 34.7. The third-order valence-electron chi connectivity index (χ3n) is 4.15. The Kier molecular flexibility index (Phi) is 5.29. The predicted octanol–water partition coefficient (Wildman–Crippen LogP) is 2.02. The number of hydrogen-bond donors (Lipinski definition) is 1. The molecule has 3 atom stereocenters. The number of alkyl halides is 1. The van der Waals surface area contributed by atoms with E-state index in [-0.39, 0.29) is 11.7 Å². The maximum Gasteiger partial charge on any atom is 0.238 e. The van der Waals surface area contributed by atoms with Crippen LogP contribution in [0.3, 0.4) is 0 Å². The Hall–Kier alpha value is -0.100. The fraction of sp³-hybridized carbons (Fsp3) is 0.923. The molecule has 19 heavy (non-hydrogen) atoms. The molecule has 0 aromatic carbocycles. The lowest BCUT2D eigenvalue weighted by molar-refractivity contribution is -0.121. The van der Waals surface area contributed by atoms with E-state index < -0.39 is 15.1 Å². The molecule has 4 nitrogen and oxygen atoms in total. The first-order chi connectivity index (χ1) is 8.99. The maximum absolute atomic E-state index is 12.0. The van der Waals surface area contributed by atoms with Crippen molar-refractivity contribution in [2.75, 3.05) is 12.3 Å². The van der Waals surface area contributed by atoms with Crippen molar-refractivity contribution in [2.24, 2.45) is 5.92 Å². The molecule has 1 aliphatic heterocycles. The fourth-order valence-corrected chi connectivity index (χ4v) is 5.70. The second-order valence-electron chi connectivity index (χ2n) is 5.73. The zero-order chi connectivity index (χ0) is 13.9. The molecule has 1 saturated carbocycles. The lowest BCUT2D eigenvalue weighted by Gasteiger charge is -2.27. The average molecular weight is 352 g/mol. The van der Waals surface area contributed by atoms with E-state index in [4.69, 9.17) is 0 Å². The smallest absolute Gasteiger partial charge is 0.238 e. The van der Waals surface area contributed by atoms with E-state index in [9.17, 15) is 13.2 Å². The highest BCUT2D eigenvalue weighted by Gasteiger charge is 2.35. The van der Waals surface area contributed by atoms with Gasteiger partial charge in [0.05, 0.1) is 5.75 Å². The minimum Gasteiger partial charge on any atom is -0.355 e. The Bertz CT molecular complexity index is 424. The highest BCUT2D eigenvalue weighted by Crippen LogP contribution is 2.28. The SMILES string of the molecule is O=C(NCC1CCCC(Br)C1)C1CCCCS1(=O)=O. The van der Waals surface area contributed by atoms with Crippen LogP contribution in [0.25, 0.3) is 0 Å². The summed E-state index contributed by atoms with van der Waals surface area (Å²) in [6.07, 6.45) is 6.58. The quantitative estimate of drug-likeness (QED) is 0.791. The van der Waals surface area contributed by atoms with Gasteiger partial charge in [0.1, 0.15) is 5.25 Å². The van der Waals surface area contributed by atoms with E-state index in [1.54, 1.807) is 0 Å². The van der Waals surface area contributed by atoms with Crippen molar-refractivity contribution in [3.63, 3.8) is 0 Å². The molecule has 0 bridgehead atoms. The van der Waals surface area contributed by atoms with Crippen LogP contribution in [-0.2, 0) is 14.6 Å². The molecule has 1 N–H and O–H groups in total. The summed E-state index contributed by atoms with van der Waals surface area (Å²) in [7, 11) is -3.21. The van der Waals surface area contributed by atoms with Crippen molar-refractivity contribution in [3.8, 4) is 0 Å². The number of carbonyl (C=O) groups excluding carboxylic acids is 1. The van der Waals surface area contributed by atoms with Gasteiger partial charge in [0.2, 0.25) is 5.91 Å². The lowest BCUT2D eigenvalue weighted by Crippen LogP contribution is -2.44. The first-order valence-electron chi connectivity index (χ1n) is 7.12. The van der Waals surface area contributed by atoms with Crippen molar-refractivity contribution in [2.45, 2.75) is 55.0 Å². The van der Waals surface area contributed by atoms with Crippen LogP contribution >= 0.6 is 15.9 Å². The first kappa shape index (κ1) is 15.3. The zero-order valence-corrected chi connectivity index (χ0v) is 13.5. The molecular formula is C13H22BrNO3S. The molecule has 0 aromatic heterocycles. The summed E-state index contributed by atoms with van der Waals surface area (Å²) in [5.74, 6) is 0.364. The van der Waals surface area contributed by atoms with Crippen LogP contribution in [0.2, 0.25) is 0 Å². The molecule has 6 heteroatoms. The summed E-state index contributed by atoms with van der Waals surface area (Å²) in [6, 6.07) is 0. The molecule has 1 amide bonds. The van der Waals surface area contributed by atoms with Gasteiger partial charge >= 0.3 is 0 Å². The number of carbonyl (C=O) groups is 1. The molecule has 0 aromatic rings. The molecule has 1 heterocycles. The topological polar surface area (TPSA) is 63.2 Å². The first-order valence-corrected chi connectivity index (χ1v) is 9.75. The Balaban J connectivity index is 1.83. The zero-order valence-electron chi connectivity index (χ0n) is 11.1. The molecule has 2 rings (SSSR count). The highest BCUT2D eigenvalue weighted by molar-refractivity contribution is 9.09. The monoisotopic (exact) mass is 351 g/mol. The van der Waals surface area contributed by atoms with Crippen LogP contribution in [0.4, 0.5) is 0 Å². The number of amides is 1. The molecular weight excluding hydrogens is 330 g/mol. The molecule has 0 spiro atoms. The molecule has 1 aliphatic carbocycles. The second kappa shape index (κ2) is 6.57. The van der Waals surface area contributed by atoms with Crippen LogP contribution < -0.4 is 5.32 Å². The third-order valence-corrected chi connectivity index (χ3v) is 7.16. The van der Waals surface area contributed by atoms with Crippen LogP contribution in [0.5, 0.6) is 0 Å². The number of halogens is 1. The van der Waals surface area contributed by atoms with Gasteiger partial charge in [0.15, 0.2) is 9.84 Å². The summed E-state index contributed by atoms with van der Waals surface area (Å²) in [4.78, 5) is 12.6. The van der Waals surface area contributed by atoms with Gasteiger partial charge in [-0.1, -0.05) is 28.8 Å². The van der Waals surface area contributed by atoms with Gasteiger partial charge in [-0.05, 0) is 38.0 Å². The molecule has 2 aliphatic rings. The van der Waals surface area contributed by atoms with Crippen LogP contribution in [0, 0.1) is 5.92 Å². The van der Waals surface area contributed by atoms with Gasteiger partial charge in [-0.25, -0.2) is 8.42 Å². The van der Waals surface area contributed by atoms with Crippen molar-refractivity contribution in [1.29, 1.82) is 0 Å². The second-order valence-corrected chi connectivity index (χ2v) is 9.32. The summed E-state index contributed by atoms with van der Waals surface area (Å²) in [5, 5.41) is 2.06. The Labute approximate surface area is 123 Å². The minimum atomic E-state index is -3.21. The van der Waals surface area contributed by atoms with E-state index in [0.717, 1.165) is 19.3 Å². The van der Waals surface area contributed by atoms with E-state index >= 15 is 0 Å². The largest absolute Gasteiger partial charge is 0.355 e. The molecule has 2 fully saturated rings. The van der Waals surface area contributed by atoms with Gasteiger partial charge in [-0.15, -0.1) is 0 Å². The summed E-state index contributed by atoms with van der Waals surface area (Å²) >= 11 is 3.62. The summed E-state index contributed by atoms with van der Waals surface area (Å²) < 4.78 is 23.7. The Morgan fingerprint density at radius 3 is 2.63 bits per heavy atom. The van der Waals surface area contributed by atoms with Gasteiger partial charge in [0.25, 0.3) is 0 Å². The number of sulfone groups is 1. The molecule has 3 unspecified atom stereocenters. The number of nitrogens with one attached hydrogen (secondary N) is 1. The van der Waals surface area contributed by atoms with Crippen LogP contribution in [-0.4, -0.2) is 36.7 Å². The number of rotatable bonds is 3. The Morgan fingerprint density at radius 1 is 1.16 bits per heavy atom. The van der Waals surface area contributed by atoms with Crippen molar-refractivity contribution >= 4 is 31.7 Å².